The van der Waals surface area contributed by atoms with Crippen LogP contribution in [-0.2, 0) is 6.54 Å². The molecule has 0 radical (unpaired) electrons. The molecule has 5 rings (SSSR count). The number of benzene rings is 2. The molecule has 3 N–H and O–H groups in total. The zero-order chi connectivity index (χ0) is 26.3. The number of rotatable bonds is 6. The first-order valence-electron chi connectivity index (χ1n) is 11.1. The van der Waals surface area contributed by atoms with Crippen LogP contribution in [0.1, 0.15) is 11.4 Å². The van der Waals surface area contributed by atoms with Crippen molar-refractivity contribution in [1.82, 2.24) is 24.3 Å². The third-order valence-electron chi connectivity index (χ3n) is 5.85. The second kappa shape index (κ2) is 9.15. The van der Waals surface area contributed by atoms with Gasteiger partial charge in [0, 0.05) is 11.3 Å². The van der Waals surface area contributed by atoms with Gasteiger partial charge in [-0.2, -0.15) is 5.10 Å². The minimum Gasteiger partial charge on any atom is -0.509 e. The fraction of sp³-hybridized carbons (Fsp3) is 0.0370. The molecule has 0 atom stereocenters. The second-order valence-electron chi connectivity index (χ2n) is 8.19. The summed E-state index contributed by atoms with van der Waals surface area (Å²) in [5.74, 6) is -1.46. The van der Waals surface area contributed by atoms with Crippen molar-refractivity contribution in [2.24, 2.45) is 0 Å². The number of pyridine rings is 1. The van der Waals surface area contributed by atoms with Crippen LogP contribution in [0.4, 0.5) is 14.6 Å². The van der Waals surface area contributed by atoms with Gasteiger partial charge in [0.25, 0.3) is 5.56 Å². The van der Waals surface area contributed by atoms with Crippen molar-refractivity contribution in [3.05, 3.63) is 119 Å². The van der Waals surface area contributed by atoms with Crippen LogP contribution in [0.25, 0.3) is 33.1 Å². The highest BCUT2D eigenvalue weighted by Gasteiger charge is 2.21. The summed E-state index contributed by atoms with van der Waals surface area (Å²) in [6.07, 6.45) is 4.09. The quantitative estimate of drug-likeness (QED) is 0.260. The highest BCUT2D eigenvalue weighted by molar-refractivity contribution is 5.97. The fourth-order valence-corrected chi connectivity index (χ4v) is 4.29. The van der Waals surface area contributed by atoms with E-state index < -0.39 is 17.2 Å². The van der Waals surface area contributed by atoms with E-state index >= 15 is 0 Å². The van der Waals surface area contributed by atoms with Gasteiger partial charge in [-0.15, -0.1) is 0 Å². The van der Waals surface area contributed by atoms with Crippen molar-refractivity contribution in [3.63, 3.8) is 0 Å². The van der Waals surface area contributed by atoms with Crippen molar-refractivity contribution in [3.8, 4) is 5.69 Å². The van der Waals surface area contributed by atoms with Crippen LogP contribution in [-0.4, -0.2) is 29.4 Å². The van der Waals surface area contributed by atoms with E-state index in [1.807, 2.05) is 0 Å². The minimum absolute atomic E-state index is 0.0401. The van der Waals surface area contributed by atoms with E-state index in [1.54, 1.807) is 18.2 Å². The summed E-state index contributed by atoms with van der Waals surface area (Å²) < 4.78 is 32.2. The average molecular weight is 498 g/mol. The number of hydrogen-bond donors (Lipinski definition) is 2. The number of nitrogen functional groups attached to an aromatic ring is 1. The molecule has 0 unspecified atom stereocenters. The second-order valence-corrected chi connectivity index (χ2v) is 8.19. The number of nitrogens with zero attached hydrogens (tertiary/aromatic N) is 5. The van der Waals surface area contributed by atoms with Gasteiger partial charge in [-0.25, -0.2) is 23.4 Å². The van der Waals surface area contributed by atoms with Crippen LogP contribution in [0.5, 0.6) is 0 Å². The predicted octanol–water partition coefficient (Wildman–Crippen LogP) is 4.68. The van der Waals surface area contributed by atoms with Gasteiger partial charge >= 0.3 is 0 Å². The summed E-state index contributed by atoms with van der Waals surface area (Å²) in [5.41, 5.74) is 6.76. The fourth-order valence-electron chi connectivity index (χ4n) is 4.29. The minimum atomic E-state index is -0.718. The number of allylic oxidation sites excluding steroid dienone is 3. The Morgan fingerprint density at radius 3 is 2.57 bits per heavy atom. The van der Waals surface area contributed by atoms with Crippen LogP contribution in [0.15, 0.2) is 90.7 Å². The molecule has 0 aliphatic rings. The number of nitrogens with two attached hydrogens (primary N) is 1. The Hall–Kier alpha value is -5.12. The van der Waals surface area contributed by atoms with Gasteiger partial charge in [0.15, 0.2) is 5.65 Å². The molecule has 0 fully saturated rings. The van der Waals surface area contributed by atoms with E-state index in [0.29, 0.717) is 33.4 Å². The first-order valence-corrected chi connectivity index (χ1v) is 11.1. The van der Waals surface area contributed by atoms with E-state index in [-0.39, 0.29) is 29.2 Å². The van der Waals surface area contributed by atoms with E-state index in [1.165, 1.54) is 53.5 Å². The molecule has 0 saturated heterocycles. The summed E-state index contributed by atoms with van der Waals surface area (Å²) in [6, 6.07) is 11.6. The lowest BCUT2D eigenvalue weighted by Gasteiger charge is -2.16. The number of para-hydroxylation sites is 1. The van der Waals surface area contributed by atoms with Crippen molar-refractivity contribution in [2.75, 3.05) is 5.73 Å². The number of aliphatic hydroxyl groups excluding tert-OH is 1. The molecular formula is C27H20F2N6O2. The molecule has 0 spiro atoms. The molecule has 0 saturated carbocycles. The highest BCUT2D eigenvalue weighted by atomic mass is 19.1. The average Bonchev–Trinajstić information content (AvgIpc) is 3.23. The maximum atomic E-state index is 14.9. The van der Waals surface area contributed by atoms with Crippen molar-refractivity contribution >= 4 is 33.2 Å². The molecule has 8 nitrogen and oxygen atoms in total. The molecule has 2 aromatic carbocycles. The predicted molar refractivity (Wildman–Crippen MR) is 138 cm³/mol. The Balaban J connectivity index is 1.81. The van der Waals surface area contributed by atoms with Crippen LogP contribution in [0, 0.1) is 11.6 Å². The maximum Gasteiger partial charge on any atom is 0.266 e. The van der Waals surface area contributed by atoms with E-state index in [4.69, 9.17) is 5.73 Å². The molecular weight excluding hydrogens is 478 g/mol. The third kappa shape index (κ3) is 4.04. The number of aliphatic hydroxyl groups is 1. The SMILES string of the molecule is C=C/C(=C\C(=C)O)c1nn(Cc2cc3cccc(F)c3c(=O)n2-c2ccccc2F)c2ncnc(N)c12. The van der Waals surface area contributed by atoms with Crippen LogP contribution in [0.3, 0.4) is 0 Å². The third-order valence-corrected chi connectivity index (χ3v) is 5.85. The standard InChI is InChI=1S/C27H20F2N6O2/c1-3-16(11-15(2)36)24-23-25(30)31-14-32-26(23)34(33-24)13-18-12-17-7-6-9-20(29)22(17)27(37)35(18)21-10-5-4-8-19(21)28/h3-12,14,36H,1-2,13H2,(H2,30,31,32)/b16-11+. The number of hydrogen-bond acceptors (Lipinski definition) is 6. The summed E-state index contributed by atoms with van der Waals surface area (Å²) in [7, 11) is 0. The summed E-state index contributed by atoms with van der Waals surface area (Å²) in [5, 5.41) is 14.9. The van der Waals surface area contributed by atoms with E-state index in [2.05, 4.69) is 28.2 Å². The molecule has 184 valence electrons. The normalized spacial score (nSPS) is 11.8. The first-order chi connectivity index (χ1) is 17.8. The maximum absolute atomic E-state index is 14.9. The van der Waals surface area contributed by atoms with Crippen molar-refractivity contribution < 1.29 is 13.9 Å². The van der Waals surface area contributed by atoms with Gasteiger partial charge in [-0.05, 0) is 35.7 Å². The van der Waals surface area contributed by atoms with Crippen LogP contribution in [0.2, 0.25) is 0 Å². The Bertz CT molecular complexity index is 1820. The van der Waals surface area contributed by atoms with Gasteiger partial charge in [-0.3, -0.25) is 9.36 Å². The summed E-state index contributed by atoms with van der Waals surface area (Å²) >= 11 is 0. The smallest absolute Gasteiger partial charge is 0.266 e. The molecule has 3 aromatic heterocycles. The highest BCUT2D eigenvalue weighted by Crippen LogP contribution is 2.29. The van der Waals surface area contributed by atoms with E-state index in [0.717, 1.165) is 4.57 Å². The number of anilines is 1. The summed E-state index contributed by atoms with van der Waals surface area (Å²) in [6.45, 7) is 7.18. The van der Waals surface area contributed by atoms with E-state index in [9.17, 15) is 18.7 Å². The van der Waals surface area contributed by atoms with Gasteiger partial charge in [-0.1, -0.05) is 43.5 Å². The molecule has 0 bridgehead atoms. The molecule has 0 aliphatic heterocycles. The molecule has 0 aliphatic carbocycles. The number of aromatic nitrogens is 5. The zero-order valence-corrected chi connectivity index (χ0v) is 19.4. The molecule has 5 aromatic rings. The number of fused-ring (bicyclic) bond motifs is 2. The molecule has 3 heterocycles. The zero-order valence-electron chi connectivity index (χ0n) is 19.4. The van der Waals surface area contributed by atoms with Gasteiger partial charge in [0.2, 0.25) is 0 Å². The van der Waals surface area contributed by atoms with Gasteiger partial charge in [0.1, 0.15) is 35.2 Å². The Morgan fingerprint density at radius 2 is 1.84 bits per heavy atom. The van der Waals surface area contributed by atoms with Crippen molar-refractivity contribution in [2.45, 2.75) is 6.54 Å². The van der Waals surface area contributed by atoms with Crippen molar-refractivity contribution in [1.29, 1.82) is 0 Å². The lowest BCUT2D eigenvalue weighted by molar-refractivity contribution is 0.435. The van der Waals surface area contributed by atoms with Gasteiger partial charge < -0.3 is 10.8 Å². The Labute approximate surface area is 208 Å². The first kappa shape index (κ1) is 23.6. The largest absolute Gasteiger partial charge is 0.509 e. The van der Waals surface area contributed by atoms with Crippen LogP contribution < -0.4 is 11.3 Å². The molecule has 0 amide bonds. The van der Waals surface area contributed by atoms with Crippen LogP contribution >= 0.6 is 0 Å². The topological polar surface area (TPSA) is 112 Å². The number of halogens is 2. The molecule has 37 heavy (non-hydrogen) atoms. The van der Waals surface area contributed by atoms with Gasteiger partial charge in [0.05, 0.1) is 23.0 Å². The Morgan fingerprint density at radius 1 is 1.08 bits per heavy atom. The lowest BCUT2D eigenvalue weighted by Crippen LogP contribution is -2.25. The lowest BCUT2D eigenvalue weighted by atomic mass is 10.1. The molecule has 10 heteroatoms. The monoisotopic (exact) mass is 498 g/mol. The Kier molecular flexibility index (Phi) is 5.84. The summed E-state index contributed by atoms with van der Waals surface area (Å²) in [4.78, 5) is 21.9.